The SMILES string of the molecule is O=C(NCCO)c1ccc(Oc2ccc(C(F)(F)F)cn2)cc1. The molecule has 0 aliphatic carbocycles. The smallest absolute Gasteiger partial charge is 0.417 e. The molecule has 1 aromatic heterocycles. The summed E-state index contributed by atoms with van der Waals surface area (Å²) in [4.78, 5) is 15.2. The number of carbonyl (C=O) groups is 1. The summed E-state index contributed by atoms with van der Waals surface area (Å²) in [6, 6.07) is 7.96. The molecule has 2 N–H and O–H groups in total. The third-order valence-corrected chi connectivity index (χ3v) is 2.80. The van der Waals surface area contributed by atoms with Crippen LogP contribution in [0.5, 0.6) is 11.6 Å². The molecule has 0 bridgehead atoms. The Morgan fingerprint density at radius 3 is 2.39 bits per heavy atom. The van der Waals surface area contributed by atoms with Crippen LogP contribution in [0.3, 0.4) is 0 Å². The fraction of sp³-hybridized carbons (Fsp3) is 0.200. The van der Waals surface area contributed by atoms with E-state index < -0.39 is 11.7 Å². The van der Waals surface area contributed by atoms with Gasteiger partial charge >= 0.3 is 6.18 Å². The number of halogens is 3. The summed E-state index contributed by atoms with van der Waals surface area (Å²) in [7, 11) is 0. The van der Waals surface area contributed by atoms with E-state index in [9.17, 15) is 18.0 Å². The lowest BCUT2D eigenvalue weighted by Gasteiger charge is -2.08. The quantitative estimate of drug-likeness (QED) is 0.886. The van der Waals surface area contributed by atoms with Gasteiger partial charge in [-0.3, -0.25) is 4.79 Å². The Morgan fingerprint density at radius 1 is 1.17 bits per heavy atom. The first kappa shape index (κ1) is 16.8. The number of nitrogens with one attached hydrogen (secondary N) is 1. The van der Waals surface area contributed by atoms with Crippen LogP contribution in [0.1, 0.15) is 15.9 Å². The highest BCUT2D eigenvalue weighted by molar-refractivity contribution is 5.94. The van der Waals surface area contributed by atoms with Gasteiger partial charge in [0, 0.05) is 24.4 Å². The maximum absolute atomic E-state index is 12.4. The van der Waals surface area contributed by atoms with Crippen LogP contribution in [0.25, 0.3) is 0 Å². The Kier molecular flexibility index (Phi) is 5.17. The molecule has 1 aromatic carbocycles. The molecule has 8 heteroatoms. The van der Waals surface area contributed by atoms with Crippen LogP contribution in [0, 0.1) is 0 Å². The molecule has 0 radical (unpaired) electrons. The minimum atomic E-state index is -4.45. The van der Waals surface area contributed by atoms with Crippen LogP contribution in [-0.2, 0) is 6.18 Å². The van der Waals surface area contributed by atoms with Crippen LogP contribution in [0.2, 0.25) is 0 Å². The predicted molar refractivity (Wildman–Crippen MR) is 75.2 cm³/mol. The molecular weight excluding hydrogens is 313 g/mol. The largest absolute Gasteiger partial charge is 0.439 e. The molecule has 0 aliphatic heterocycles. The van der Waals surface area contributed by atoms with Crippen molar-refractivity contribution >= 4 is 5.91 Å². The lowest BCUT2D eigenvalue weighted by Crippen LogP contribution is -2.26. The molecule has 0 unspecified atom stereocenters. The number of amides is 1. The summed E-state index contributed by atoms with van der Waals surface area (Å²) in [5.41, 5.74) is -0.494. The van der Waals surface area contributed by atoms with Gasteiger partial charge in [0.25, 0.3) is 5.91 Å². The molecule has 2 rings (SSSR count). The van der Waals surface area contributed by atoms with Crippen molar-refractivity contribution in [3.8, 4) is 11.6 Å². The number of ether oxygens (including phenoxy) is 1. The molecule has 0 saturated carbocycles. The number of hydrogen-bond acceptors (Lipinski definition) is 4. The summed E-state index contributed by atoms with van der Waals surface area (Å²) in [6.07, 6.45) is -3.76. The fourth-order valence-corrected chi connectivity index (χ4v) is 1.67. The van der Waals surface area contributed by atoms with Crippen molar-refractivity contribution in [3.05, 3.63) is 53.7 Å². The minimum Gasteiger partial charge on any atom is -0.439 e. The van der Waals surface area contributed by atoms with Crippen LogP contribution < -0.4 is 10.1 Å². The molecule has 23 heavy (non-hydrogen) atoms. The van der Waals surface area contributed by atoms with Crippen LogP contribution in [-0.4, -0.2) is 29.1 Å². The predicted octanol–water partition coefficient (Wildman–Crippen LogP) is 2.61. The zero-order valence-electron chi connectivity index (χ0n) is 11.8. The number of carbonyl (C=O) groups excluding carboxylic acids is 1. The monoisotopic (exact) mass is 326 g/mol. The van der Waals surface area contributed by atoms with Crippen molar-refractivity contribution in [2.45, 2.75) is 6.18 Å². The lowest BCUT2D eigenvalue weighted by atomic mass is 10.2. The minimum absolute atomic E-state index is 0.00971. The number of alkyl halides is 3. The maximum Gasteiger partial charge on any atom is 0.417 e. The number of aliphatic hydroxyl groups is 1. The second-order valence-corrected chi connectivity index (χ2v) is 4.49. The molecule has 0 saturated heterocycles. The van der Waals surface area contributed by atoms with E-state index in [0.29, 0.717) is 17.5 Å². The van der Waals surface area contributed by atoms with Crippen molar-refractivity contribution < 1.29 is 27.8 Å². The number of benzene rings is 1. The van der Waals surface area contributed by atoms with E-state index in [1.54, 1.807) is 0 Å². The van der Waals surface area contributed by atoms with E-state index in [1.165, 1.54) is 24.3 Å². The molecule has 0 aliphatic rings. The van der Waals surface area contributed by atoms with Gasteiger partial charge in [-0.05, 0) is 30.3 Å². The highest BCUT2D eigenvalue weighted by Gasteiger charge is 2.30. The fourth-order valence-electron chi connectivity index (χ4n) is 1.67. The van der Waals surface area contributed by atoms with E-state index in [1.807, 2.05) is 0 Å². The average molecular weight is 326 g/mol. The topological polar surface area (TPSA) is 71.5 Å². The first-order valence-electron chi connectivity index (χ1n) is 6.60. The Morgan fingerprint density at radius 2 is 1.87 bits per heavy atom. The Balaban J connectivity index is 2.02. The summed E-state index contributed by atoms with van der Waals surface area (Å²) < 4.78 is 42.6. The van der Waals surface area contributed by atoms with E-state index >= 15 is 0 Å². The zero-order chi connectivity index (χ0) is 16.9. The van der Waals surface area contributed by atoms with E-state index in [0.717, 1.165) is 12.1 Å². The van der Waals surface area contributed by atoms with Gasteiger partial charge in [0.1, 0.15) is 5.75 Å². The summed E-state index contributed by atoms with van der Waals surface area (Å²) >= 11 is 0. The third-order valence-electron chi connectivity index (χ3n) is 2.80. The first-order chi connectivity index (χ1) is 10.9. The van der Waals surface area contributed by atoms with Crippen LogP contribution in [0.15, 0.2) is 42.6 Å². The van der Waals surface area contributed by atoms with Crippen molar-refractivity contribution in [2.75, 3.05) is 13.2 Å². The van der Waals surface area contributed by atoms with Crippen LogP contribution in [0.4, 0.5) is 13.2 Å². The van der Waals surface area contributed by atoms with Crippen molar-refractivity contribution in [1.82, 2.24) is 10.3 Å². The molecule has 0 spiro atoms. The van der Waals surface area contributed by atoms with Crippen LogP contribution >= 0.6 is 0 Å². The van der Waals surface area contributed by atoms with Crippen molar-refractivity contribution in [2.24, 2.45) is 0 Å². The van der Waals surface area contributed by atoms with Gasteiger partial charge in [0.2, 0.25) is 5.88 Å². The molecule has 122 valence electrons. The van der Waals surface area contributed by atoms with E-state index in [4.69, 9.17) is 9.84 Å². The Bertz CT molecular complexity index is 655. The first-order valence-corrected chi connectivity index (χ1v) is 6.60. The molecule has 0 fully saturated rings. The second kappa shape index (κ2) is 7.10. The number of hydrogen-bond donors (Lipinski definition) is 2. The van der Waals surface area contributed by atoms with Gasteiger partial charge in [-0.15, -0.1) is 0 Å². The number of nitrogens with zero attached hydrogens (tertiary/aromatic N) is 1. The van der Waals surface area contributed by atoms with Crippen molar-refractivity contribution in [3.63, 3.8) is 0 Å². The number of rotatable bonds is 5. The van der Waals surface area contributed by atoms with Gasteiger partial charge in [0.05, 0.1) is 12.2 Å². The summed E-state index contributed by atoms with van der Waals surface area (Å²) in [6.45, 7) is -0.0148. The maximum atomic E-state index is 12.4. The highest BCUT2D eigenvalue weighted by atomic mass is 19.4. The number of aliphatic hydroxyl groups excluding tert-OH is 1. The van der Waals surface area contributed by atoms with E-state index in [2.05, 4.69) is 10.3 Å². The van der Waals surface area contributed by atoms with Crippen molar-refractivity contribution in [1.29, 1.82) is 0 Å². The number of pyridine rings is 1. The average Bonchev–Trinajstić information content (AvgIpc) is 2.53. The Labute approximate surface area is 129 Å². The lowest BCUT2D eigenvalue weighted by molar-refractivity contribution is -0.137. The molecule has 5 nitrogen and oxygen atoms in total. The Hall–Kier alpha value is -2.61. The molecule has 1 heterocycles. The molecule has 0 atom stereocenters. The van der Waals surface area contributed by atoms with Gasteiger partial charge < -0.3 is 15.2 Å². The van der Waals surface area contributed by atoms with Gasteiger partial charge in [-0.25, -0.2) is 4.98 Å². The molecule has 1 amide bonds. The zero-order valence-corrected chi connectivity index (χ0v) is 11.8. The summed E-state index contributed by atoms with van der Waals surface area (Å²) in [5.74, 6) is -0.00953. The molecular formula is C15H13F3N2O3. The third kappa shape index (κ3) is 4.68. The highest BCUT2D eigenvalue weighted by Crippen LogP contribution is 2.30. The number of aromatic nitrogens is 1. The summed E-state index contributed by atoms with van der Waals surface area (Å²) in [5, 5.41) is 11.1. The molecule has 2 aromatic rings. The van der Waals surface area contributed by atoms with Gasteiger partial charge in [-0.2, -0.15) is 13.2 Å². The van der Waals surface area contributed by atoms with Gasteiger partial charge in [-0.1, -0.05) is 0 Å². The van der Waals surface area contributed by atoms with Gasteiger partial charge in [0.15, 0.2) is 0 Å². The van der Waals surface area contributed by atoms with E-state index in [-0.39, 0.29) is 24.9 Å². The normalized spacial score (nSPS) is 11.1. The second-order valence-electron chi connectivity index (χ2n) is 4.49. The standard InChI is InChI=1S/C15H13F3N2O3/c16-15(17,18)11-3-6-13(20-9-11)23-12-4-1-10(2-5-12)14(22)19-7-8-21/h1-6,9,21H,7-8H2,(H,19,22).